The van der Waals surface area contributed by atoms with Gasteiger partial charge in [-0.2, -0.15) is 5.26 Å². The van der Waals surface area contributed by atoms with E-state index >= 15 is 0 Å². The van der Waals surface area contributed by atoms with E-state index in [0.717, 1.165) is 0 Å². The molecule has 1 aromatic heterocycles. The summed E-state index contributed by atoms with van der Waals surface area (Å²) >= 11 is 0. The van der Waals surface area contributed by atoms with Gasteiger partial charge < -0.3 is 14.2 Å². The molecule has 6 nitrogen and oxygen atoms in total. The van der Waals surface area contributed by atoms with Crippen molar-refractivity contribution >= 4 is 6.29 Å². The van der Waals surface area contributed by atoms with E-state index in [1.807, 2.05) is 6.07 Å². The van der Waals surface area contributed by atoms with Gasteiger partial charge >= 0.3 is 0 Å². The first-order valence-electron chi connectivity index (χ1n) is 6.17. The number of aromatic nitrogens is 1. The number of carbonyl (C=O) groups excluding carboxylic acids is 1. The Bertz CT molecular complexity index is 737. The molecule has 0 radical (unpaired) electrons. The van der Waals surface area contributed by atoms with Gasteiger partial charge in [-0.05, 0) is 12.1 Å². The molecule has 0 saturated carbocycles. The van der Waals surface area contributed by atoms with Crippen molar-refractivity contribution in [3.05, 3.63) is 47.3 Å². The number of hydrogen-bond acceptors (Lipinski definition) is 6. The minimum Gasteiger partial charge on any atom is -0.488 e. The van der Waals surface area contributed by atoms with Crippen LogP contribution in [0.1, 0.15) is 21.6 Å². The first kappa shape index (κ1) is 12.9. The van der Waals surface area contributed by atoms with Crippen molar-refractivity contribution in [3.8, 4) is 23.3 Å². The van der Waals surface area contributed by atoms with E-state index < -0.39 is 0 Å². The number of nitriles is 1. The Kier molecular flexibility index (Phi) is 3.39. The number of nitrogens with zero attached hydrogens (tertiary/aromatic N) is 2. The van der Waals surface area contributed by atoms with E-state index in [1.54, 1.807) is 30.5 Å². The summed E-state index contributed by atoms with van der Waals surface area (Å²) in [7, 11) is 0. The zero-order valence-electron chi connectivity index (χ0n) is 10.9. The largest absolute Gasteiger partial charge is 0.488 e. The summed E-state index contributed by atoms with van der Waals surface area (Å²) in [5.41, 5.74) is 1.31. The summed E-state index contributed by atoms with van der Waals surface area (Å²) in [5, 5.41) is 8.98. The summed E-state index contributed by atoms with van der Waals surface area (Å²) in [5.74, 6) is 1.42. The Labute approximate surface area is 120 Å². The number of benzene rings is 1. The number of fused-ring (bicyclic) bond motifs is 1. The molecule has 2 heterocycles. The fraction of sp³-hybridized carbons (Fsp3) is 0.133. The standard InChI is InChI=1S/C15H10N2O4/c16-6-12-10(2-1-3-17-12)8-19-13-5-15-14(20-9-21-15)4-11(13)7-18/h1-5,7H,8-9H2. The molecule has 0 atom stereocenters. The van der Waals surface area contributed by atoms with Crippen LogP contribution < -0.4 is 14.2 Å². The van der Waals surface area contributed by atoms with E-state index in [1.165, 1.54) is 0 Å². The quantitative estimate of drug-likeness (QED) is 0.798. The van der Waals surface area contributed by atoms with Gasteiger partial charge in [0.25, 0.3) is 0 Å². The van der Waals surface area contributed by atoms with Gasteiger partial charge in [-0.3, -0.25) is 4.79 Å². The van der Waals surface area contributed by atoms with Crippen LogP contribution in [0, 0.1) is 11.3 Å². The zero-order valence-corrected chi connectivity index (χ0v) is 10.9. The molecule has 6 heteroatoms. The fourth-order valence-electron chi connectivity index (χ4n) is 1.97. The van der Waals surface area contributed by atoms with Gasteiger partial charge in [-0.15, -0.1) is 0 Å². The molecular weight excluding hydrogens is 272 g/mol. The molecule has 3 rings (SSSR count). The topological polar surface area (TPSA) is 81.4 Å². The van der Waals surface area contributed by atoms with E-state index in [9.17, 15) is 4.79 Å². The highest BCUT2D eigenvalue weighted by Gasteiger charge is 2.18. The van der Waals surface area contributed by atoms with Crippen molar-refractivity contribution in [1.82, 2.24) is 4.98 Å². The second-order valence-electron chi connectivity index (χ2n) is 4.27. The molecule has 2 aromatic rings. The lowest BCUT2D eigenvalue weighted by Gasteiger charge is -2.10. The van der Waals surface area contributed by atoms with Crippen LogP contribution in [0.3, 0.4) is 0 Å². The second-order valence-corrected chi connectivity index (χ2v) is 4.27. The van der Waals surface area contributed by atoms with Crippen molar-refractivity contribution < 1.29 is 19.0 Å². The predicted octanol–water partition coefficient (Wildman–Crippen LogP) is 2.07. The summed E-state index contributed by atoms with van der Waals surface area (Å²) in [6.07, 6.45) is 2.23. The molecule has 0 spiro atoms. The SMILES string of the molecule is N#Cc1ncccc1COc1cc2c(cc1C=O)OCO2. The Morgan fingerprint density at radius 2 is 2.19 bits per heavy atom. The summed E-state index contributed by atoms with van der Waals surface area (Å²) < 4.78 is 16.1. The highest BCUT2D eigenvalue weighted by atomic mass is 16.7. The van der Waals surface area contributed by atoms with Crippen LogP contribution in [0.25, 0.3) is 0 Å². The highest BCUT2D eigenvalue weighted by Crippen LogP contribution is 2.37. The van der Waals surface area contributed by atoms with Gasteiger partial charge in [-0.25, -0.2) is 4.98 Å². The van der Waals surface area contributed by atoms with Crippen LogP contribution in [-0.2, 0) is 6.61 Å². The number of hydrogen-bond donors (Lipinski definition) is 0. The van der Waals surface area contributed by atoms with Gasteiger partial charge in [0, 0.05) is 17.8 Å². The lowest BCUT2D eigenvalue weighted by atomic mass is 10.2. The number of carbonyl (C=O) groups is 1. The molecule has 0 saturated heterocycles. The molecule has 1 aromatic carbocycles. The second kappa shape index (κ2) is 5.51. The molecule has 1 aliphatic heterocycles. The predicted molar refractivity (Wildman–Crippen MR) is 71.2 cm³/mol. The summed E-state index contributed by atoms with van der Waals surface area (Å²) in [6, 6.07) is 8.64. The maximum absolute atomic E-state index is 11.1. The number of pyridine rings is 1. The molecular formula is C15H10N2O4. The molecule has 0 N–H and O–H groups in total. The number of rotatable bonds is 4. The minimum absolute atomic E-state index is 0.123. The molecule has 0 bridgehead atoms. The van der Waals surface area contributed by atoms with Crippen LogP contribution in [-0.4, -0.2) is 18.1 Å². The van der Waals surface area contributed by atoms with E-state index in [0.29, 0.717) is 40.4 Å². The highest BCUT2D eigenvalue weighted by molar-refractivity contribution is 5.81. The summed E-state index contributed by atoms with van der Waals surface area (Å²) in [4.78, 5) is 15.1. The average molecular weight is 282 g/mol. The molecule has 0 aliphatic carbocycles. The van der Waals surface area contributed by atoms with Crippen LogP contribution in [0.5, 0.6) is 17.2 Å². The monoisotopic (exact) mass is 282 g/mol. The van der Waals surface area contributed by atoms with Gasteiger partial charge in [0.2, 0.25) is 6.79 Å². The Morgan fingerprint density at radius 3 is 2.95 bits per heavy atom. The fourth-order valence-corrected chi connectivity index (χ4v) is 1.97. The average Bonchev–Trinajstić information content (AvgIpc) is 2.99. The third-order valence-electron chi connectivity index (χ3n) is 3.01. The third-order valence-corrected chi connectivity index (χ3v) is 3.01. The van der Waals surface area contributed by atoms with Crippen molar-refractivity contribution in [2.24, 2.45) is 0 Å². The minimum atomic E-state index is 0.123. The van der Waals surface area contributed by atoms with Gasteiger partial charge in [0.1, 0.15) is 24.1 Å². The van der Waals surface area contributed by atoms with E-state index in [4.69, 9.17) is 19.5 Å². The van der Waals surface area contributed by atoms with Crippen molar-refractivity contribution in [2.75, 3.05) is 6.79 Å². The van der Waals surface area contributed by atoms with Crippen molar-refractivity contribution in [1.29, 1.82) is 5.26 Å². The number of aldehydes is 1. The Hall–Kier alpha value is -3.07. The number of ether oxygens (including phenoxy) is 3. The van der Waals surface area contributed by atoms with Crippen LogP contribution in [0.4, 0.5) is 0 Å². The lowest BCUT2D eigenvalue weighted by Crippen LogP contribution is -2.01. The van der Waals surface area contributed by atoms with Crippen molar-refractivity contribution in [3.63, 3.8) is 0 Å². The zero-order chi connectivity index (χ0) is 14.7. The maximum atomic E-state index is 11.1. The first-order chi connectivity index (χ1) is 10.3. The van der Waals surface area contributed by atoms with Crippen LogP contribution in [0.2, 0.25) is 0 Å². The first-order valence-corrected chi connectivity index (χ1v) is 6.17. The van der Waals surface area contributed by atoms with Gasteiger partial charge in [0.15, 0.2) is 17.8 Å². The summed E-state index contributed by atoms with van der Waals surface area (Å²) in [6.45, 7) is 0.259. The Balaban J connectivity index is 1.85. The molecule has 21 heavy (non-hydrogen) atoms. The van der Waals surface area contributed by atoms with Crippen molar-refractivity contribution in [2.45, 2.75) is 6.61 Å². The molecule has 0 fully saturated rings. The van der Waals surface area contributed by atoms with Gasteiger partial charge in [-0.1, -0.05) is 6.07 Å². The molecule has 0 amide bonds. The smallest absolute Gasteiger partial charge is 0.231 e. The van der Waals surface area contributed by atoms with Gasteiger partial charge in [0.05, 0.1) is 5.56 Å². The van der Waals surface area contributed by atoms with E-state index in [2.05, 4.69) is 4.98 Å². The van der Waals surface area contributed by atoms with Crippen LogP contribution in [0.15, 0.2) is 30.5 Å². The maximum Gasteiger partial charge on any atom is 0.231 e. The lowest BCUT2D eigenvalue weighted by molar-refractivity contribution is 0.111. The normalized spacial score (nSPS) is 11.8. The molecule has 104 valence electrons. The third kappa shape index (κ3) is 2.49. The molecule has 0 unspecified atom stereocenters. The van der Waals surface area contributed by atoms with Crippen LogP contribution >= 0.6 is 0 Å². The molecule has 1 aliphatic rings. The van der Waals surface area contributed by atoms with E-state index in [-0.39, 0.29) is 13.4 Å². The Morgan fingerprint density at radius 1 is 1.38 bits per heavy atom.